The molecule has 2 aromatic heterocycles. The second-order valence-corrected chi connectivity index (χ2v) is 12.7. The molecule has 12 heteroatoms. The van der Waals surface area contributed by atoms with Gasteiger partial charge in [0.1, 0.15) is 6.54 Å². The number of alkyl halides is 3. The Kier molecular flexibility index (Phi) is 16.4. The molecule has 3 aromatic rings. The Morgan fingerprint density at radius 3 is 2.36 bits per heavy atom. The van der Waals surface area contributed by atoms with Crippen LogP contribution in [0.15, 0.2) is 36.5 Å². The molecule has 9 nitrogen and oxygen atoms in total. The van der Waals surface area contributed by atoms with E-state index in [0.717, 1.165) is 68.4 Å². The molecule has 1 atom stereocenters. The summed E-state index contributed by atoms with van der Waals surface area (Å²) in [6.45, 7) is 12.9. The third kappa shape index (κ3) is 12.9. The largest absolute Gasteiger partial charge is 0.471 e. The lowest BCUT2D eigenvalue weighted by atomic mass is 9.85. The van der Waals surface area contributed by atoms with Gasteiger partial charge in [-0.15, -0.1) is 0 Å². The minimum atomic E-state index is -4.40. The van der Waals surface area contributed by atoms with Gasteiger partial charge in [-0.05, 0) is 80.1 Å². The van der Waals surface area contributed by atoms with Crippen molar-refractivity contribution in [3.05, 3.63) is 53.3 Å². The maximum absolute atomic E-state index is 14.1. The van der Waals surface area contributed by atoms with Crippen molar-refractivity contribution in [2.75, 3.05) is 33.9 Å². The first-order chi connectivity index (χ1) is 22.3. The molecular weight excluding hydrogens is 611 g/mol. The quantitative estimate of drug-likeness (QED) is 0.0861. The van der Waals surface area contributed by atoms with Gasteiger partial charge < -0.3 is 14.0 Å². The van der Waals surface area contributed by atoms with Gasteiger partial charge in [0.05, 0.1) is 24.6 Å². The number of benzene rings is 1. The number of hydrogen-bond acceptors (Lipinski definition) is 7. The Labute approximate surface area is 277 Å². The predicted octanol–water partition coefficient (Wildman–Crippen LogP) is 6.98. The smallest absolute Gasteiger partial charge is 0.406 e. The summed E-state index contributed by atoms with van der Waals surface area (Å²) in [6.07, 6.45) is 2.32. The highest BCUT2D eigenvalue weighted by Crippen LogP contribution is 2.41. The van der Waals surface area contributed by atoms with Gasteiger partial charge in [-0.1, -0.05) is 46.6 Å². The lowest BCUT2D eigenvalue weighted by Gasteiger charge is -2.22. The van der Waals surface area contributed by atoms with Crippen LogP contribution in [0.5, 0.6) is 0 Å². The number of hydrazine groups is 1. The molecule has 1 amide bonds. The Balaban J connectivity index is 0.00000181. The van der Waals surface area contributed by atoms with E-state index in [9.17, 15) is 18.0 Å². The number of unbranched alkanes of at least 4 members (excludes halogenated alkanes) is 3. The number of ether oxygens (including phenoxy) is 2. The van der Waals surface area contributed by atoms with Crippen LogP contribution in [0.4, 0.5) is 13.2 Å². The SMILES string of the molecule is CCN(CCCCCCNNC=O)Cc1ccc2c(c1)c(CC(C)(C)C)c(-c1cccnc1C(C)OC)n2CC(F)(F)F.COC=O. The number of carbonyl (C=O) groups is 2. The highest BCUT2D eigenvalue weighted by molar-refractivity contribution is 5.93. The van der Waals surface area contributed by atoms with Crippen molar-refractivity contribution in [1.82, 2.24) is 25.3 Å². The number of methoxy groups -OCH3 is 2. The van der Waals surface area contributed by atoms with E-state index in [1.165, 1.54) is 11.7 Å². The van der Waals surface area contributed by atoms with Crippen LogP contribution in [0.3, 0.4) is 0 Å². The zero-order valence-electron chi connectivity index (χ0n) is 28.9. The highest BCUT2D eigenvalue weighted by atomic mass is 19.4. The Morgan fingerprint density at radius 2 is 1.77 bits per heavy atom. The maximum atomic E-state index is 14.1. The molecule has 2 heterocycles. The number of rotatable bonds is 18. The molecule has 0 bridgehead atoms. The van der Waals surface area contributed by atoms with E-state index in [1.54, 1.807) is 19.4 Å². The molecule has 1 aromatic carbocycles. The molecule has 0 saturated heterocycles. The van der Waals surface area contributed by atoms with E-state index < -0.39 is 12.7 Å². The molecule has 1 unspecified atom stereocenters. The minimum absolute atomic E-state index is 0.161. The van der Waals surface area contributed by atoms with Gasteiger partial charge in [-0.2, -0.15) is 13.2 Å². The van der Waals surface area contributed by atoms with Crippen molar-refractivity contribution < 1.29 is 32.2 Å². The summed E-state index contributed by atoms with van der Waals surface area (Å²) in [6, 6.07) is 9.56. The van der Waals surface area contributed by atoms with Crippen molar-refractivity contribution in [3.8, 4) is 11.3 Å². The number of nitrogens with one attached hydrogen (secondary N) is 2. The minimum Gasteiger partial charge on any atom is -0.471 e. The summed E-state index contributed by atoms with van der Waals surface area (Å²) in [4.78, 5) is 26.2. The topological polar surface area (TPSA) is 97.7 Å². The van der Waals surface area contributed by atoms with Crippen LogP contribution in [0, 0.1) is 5.41 Å². The Hall–Kier alpha value is -3.48. The first-order valence-electron chi connectivity index (χ1n) is 16.1. The molecule has 0 spiro atoms. The first kappa shape index (κ1) is 39.7. The summed E-state index contributed by atoms with van der Waals surface area (Å²) in [5.41, 5.74) is 9.58. The van der Waals surface area contributed by atoms with E-state index in [4.69, 9.17) is 9.53 Å². The Bertz CT molecular complexity index is 1390. The number of amides is 1. The van der Waals surface area contributed by atoms with Crippen LogP contribution < -0.4 is 10.9 Å². The van der Waals surface area contributed by atoms with Crippen LogP contribution in [0.1, 0.15) is 83.2 Å². The average Bonchev–Trinajstić information content (AvgIpc) is 3.30. The second kappa shape index (κ2) is 19.4. The molecule has 2 N–H and O–H groups in total. The third-order valence-electron chi connectivity index (χ3n) is 7.75. The molecule has 0 aliphatic rings. The van der Waals surface area contributed by atoms with Gasteiger partial charge in [0, 0.05) is 42.9 Å². The van der Waals surface area contributed by atoms with Crippen molar-refractivity contribution in [2.45, 2.75) is 92.1 Å². The van der Waals surface area contributed by atoms with Crippen molar-refractivity contribution >= 4 is 23.8 Å². The van der Waals surface area contributed by atoms with E-state index in [2.05, 4.69) is 59.2 Å². The third-order valence-corrected chi connectivity index (χ3v) is 7.75. The van der Waals surface area contributed by atoms with Crippen molar-refractivity contribution in [3.63, 3.8) is 0 Å². The summed E-state index contributed by atoms with van der Waals surface area (Å²) in [5, 5.41) is 0.860. The molecule has 0 radical (unpaired) electrons. The number of fused-ring (bicyclic) bond motifs is 1. The molecule has 0 aliphatic carbocycles. The fourth-order valence-electron chi connectivity index (χ4n) is 5.61. The zero-order valence-corrected chi connectivity index (χ0v) is 28.9. The number of halogens is 3. The molecule has 0 saturated carbocycles. The van der Waals surface area contributed by atoms with Gasteiger partial charge in [-0.3, -0.25) is 24.9 Å². The van der Waals surface area contributed by atoms with Gasteiger partial charge in [-0.25, -0.2) is 5.43 Å². The molecular formula is C35H52F3N5O4. The average molecular weight is 664 g/mol. The second-order valence-electron chi connectivity index (χ2n) is 12.7. The van der Waals surface area contributed by atoms with Crippen LogP contribution >= 0.6 is 0 Å². The van der Waals surface area contributed by atoms with Crippen molar-refractivity contribution in [2.24, 2.45) is 5.41 Å². The summed E-state index contributed by atoms with van der Waals surface area (Å²) in [5.74, 6) is 0. The number of carbonyl (C=O) groups excluding carboxylic acids is 2. The summed E-state index contributed by atoms with van der Waals surface area (Å²) < 4.78 is 53.2. The zero-order chi connectivity index (χ0) is 35.0. The van der Waals surface area contributed by atoms with Gasteiger partial charge >= 0.3 is 6.18 Å². The summed E-state index contributed by atoms with van der Waals surface area (Å²) in [7, 11) is 2.90. The summed E-state index contributed by atoms with van der Waals surface area (Å²) >= 11 is 0. The predicted molar refractivity (Wildman–Crippen MR) is 180 cm³/mol. The van der Waals surface area contributed by atoms with Gasteiger partial charge in [0.25, 0.3) is 6.47 Å². The number of nitrogens with zero attached hydrogens (tertiary/aromatic N) is 3. The monoisotopic (exact) mass is 663 g/mol. The maximum Gasteiger partial charge on any atom is 0.406 e. The number of pyridine rings is 1. The van der Waals surface area contributed by atoms with Crippen LogP contribution in [0.25, 0.3) is 22.2 Å². The number of hydrogen-bond donors (Lipinski definition) is 2. The van der Waals surface area contributed by atoms with E-state index in [1.807, 2.05) is 25.1 Å². The van der Waals surface area contributed by atoms with Crippen molar-refractivity contribution in [1.29, 1.82) is 0 Å². The lowest BCUT2D eigenvalue weighted by molar-refractivity contribution is -0.139. The normalized spacial score (nSPS) is 12.5. The van der Waals surface area contributed by atoms with Crippen LogP contribution in [0.2, 0.25) is 0 Å². The fraction of sp³-hybridized carbons (Fsp3) is 0.571. The van der Waals surface area contributed by atoms with Crippen LogP contribution in [-0.2, 0) is 38.6 Å². The molecule has 262 valence electrons. The Morgan fingerprint density at radius 1 is 1.06 bits per heavy atom. The fourth-order valence-corrected chi connectivity index (χ4v) is 5.61. The lowest BCUT2D eigenvalue weighted by Crippen LogP contribution is -2.30. The molecule has 0 fully saturated rings. The molecule has 47 heavy (non-hydrogen) atoms. The van der Waals surface area contributed by atoms with E-state index in [0.29, 0.717) is 41.8 Å². The number of aromatic nitrogens is 2. The van der Waals surface area contributed by atoms with Crippen LogP contribution in [-0.4, -0.2) is 67.4 Å². The highest BCUT2D eigenvalue weighted by Gasteiger charge is 2.33. The first-order valence-corrected chi connectivity index (χ1v) is 16.1. The van der Waals surface area contributed by atoms with Gasteiger partial charge in [0.2, 0.25) is 6.41 Å². The van der Waals surface area contributed by atoms with Gasteiger partial charge in [0.15, 0.2) is 0 Å². The van der Waals surface area contributed by atoms with E-state index >= 15 is 0 Å². The molecule has 0 aliphatic heterocycles. The van der Waals surface area contributed by atoms with E-state index in [-0.39, 0.29) is 11.5 Å². The molecule has 3 rings (SSSR count). The standard InChI is InChI=1S/C33H48F3N5O2.C2H4O2/c1-7-40(18-11-9-8-10-17-38-39-23-42)21-25-14-15-29-27(19-25)28(20-32(3,4)5)31(41(29)22-33(34,35)36)26-13-12-16-37-30(26)24(2)43-6;1-4-2-3/h12-16,19,23-24,38H,7-11,17-18,20-22H2,1-6H3,(H,39,42);2H,1H3.